The SMILES string of the molecule is Fc1ccc(Br)c(F)c1CSc1ccc(Cl)cn1. The number of halogens is 4. The highest BCUT2D eigenvalue weighted by Crippen LogP contribution is 2.28. The number of hydrogen-bond acceptors (Lipinski definition) is 2. The van der Waals surface area contributed by atoms with Crippen molar-refractivity contribution in [3.63, 3.8) is 0 Å². The quantitative estimate of drug-likeness (QED) is 0.566. The van der Waals surface area contributed by atoms with Crippen molar-refractivity contribution < 1.29 is 8.78 Å². The molecule has 2 rings (SSSR count). The molecule has 0 saturated heterocycles. The lowest BCUT2D eigenvalue weighted by atomic mass is 10.2. The van der Waals surface area contributed by atoms with Crippen molar-refractivity contribution in [2.24, 2.45) is 0 Å². The number of hydrogen-bond donors (Lipinski definition) is 0. The van der Waals surface area contributed by atoms with Gasteiger partial charge in [-0.25, -0.2) is 13.8 Å². The normalized spacial score (nSPS) is 10.7. The van der Waals surface area contributed by atoms with Crippen molar-refractivity contribution in [3.8, 4) is 0 Å². The van der Waals surface area contributed by atoms with E-state index in [2.05, 4.69) is 20.9 Å². The van der Waals surface area contributed by atoms with E-state index in [1.54, 1.807) is 12.1 Å². The number of nitrogens with zero attached hydrogens (tertiary/aromatic N) is 1. The van der Waals surface area contributed by atoms with Crippen LogP contribution in [0, 0.1) is 11.6 Å². The highest BCUT2D eigenvalue weighted by atomic mass is 79.9. The van der Waals surface area contributed by atoms with E-state index in [0.29, 0.717) is 10.0 Å². The Kier molecular flexibility index (Phi) is 4.59. The van der Waals surface area contributed by atoms with E-state index in [1.165, 1.54) is 30.1 Å². The molecule has 1 aromatic carbocycles. The molecule has 0 fully saturated rings. The summed E-state index contributed by atoms with van der Waals surface area (Å²) >= 11 is 9.98. The van der Waals surface area contributed by atoms with Crippen LogP contribution < -0.4 is 0 Å². The molecular weight excluding hydrogens is 344 g/mol. The van der Waals surface area contributed by atoms with Crippen molar-refractivity contribution in [3.05, 3.63) is 57.2 Å². The molecule has 2 aromatic rings. The molecule has 0 radical (unpaired) electrons. The van der Waals surface area contributed by atoms with Crippen LogP contribution in [0.15, 0.2) is 40.0 Å². The van der Waals surface area contributed by atoms with Crippen molar-refractivity contribution in [2.45, 2.75) is 10.8 Å². The summed E-state index contributed by atoms with van der Waals surface area (Å²) in [7, 11) is 0. The van der Waals surface area contributed by atoms with Crippen LogP contribution in [0.3, 0.4) is 0 Å². The lowest BCUT2D eigenvalue weighted by molar-refractivity contribution is 0.562. The second-order valence-electron chi connectivity index (χ2n) is 3.43. The highest BCUT2D eigenvalue weighted by molar-refractivity contribution is 9.10. The van der Waals surface area contributed by atoms with Crippen molar-refractivity contribution in [1.82, 2.24) is 4.98 Å². The standard InChI is InChI=1S/C12H7BrClF2NS/c13-9-2-3-10(15)8(12(9)16)6-18-11-4-1-7(14)5-17-11/h1-5H,6H2. The van der Waals surface area contributed by atoms with Crippen LogP contribution in [0.25, 0.3) is 0 Å². The van der Waals surface area contributed by atoms with Gasteiger partial charge in [0, 0.05) is 17.5 Å². The average molecular weight is 351 g/mol. The van der Waals surface area contributed by atoms with Crippen LogP contribution in [0.1, 0.15) is 5.56 Å². The van der Waals surface area contributed by atoms with Gasteiger partial charge in [-0.15, -0.1) is 11.8 Å². The average Bonchev–Trinajstić information content (AvgIpc) is 2.36. The first-order chi connectivity index (χ1) is 8.58. The molecule has 1 aromatic heterocycles. The van der Waals surface area contributed by atoms with Gasteiger partial charge in [-0.1, -0.05) is 11.6 Å². The zero-order chi connectivity index (χ0) is 13.1. The lowest BCUT2D eigenvalue weighted by Crippen LogP contribution is -1.95. The van der Waals surface area contributed by atoms with E-state index < -0.39 is 11.6 Å². The van der Waals surface area contributed by atoms with Gasteiger partial charge >= 0.3 is 0 Å². The molecule has 0 aliphatic rings. The monoisotopic (exact) mass is 349 g/mol. The van der Waals surface area contributed by atoms with Gasteiger partial charge in [-0.3, -0.25) is 0 Å². The molecule has 0 bridgehead atoms. The first-order valence-electron chi connectivity index (χ1n) is 4.94. The third-order valence-corrected chi connectivity index (χ3v) is 4.01. The van der Waals surface area contributed by atoms with Gasteiger partial charge in [0.2, 0.25) is 0 Å². The maximum atomic E-state index is 13.7. The van der Waals surface area contributed by atoms with Crippen LogP contribution in [0.5, 0.6) is 0 Å². The third kappa shape index (κ3) is 3.22. The van der Waals surface area contributed by atoms with E-state index in [-0.39, 0.29) is 15.8 Å². The number of aromatic nitrogens is 1. The van der Waals surface area contributed by atoms with Crippen LogP contribution in [0.2, 0.25) is 5.02 Å². The van der Waals surface area contributed by atoms with Crippen molar-refractivity contribution >= 4 is 39.3 Å². The lowest BCUT2D eigenvalue weighted by Gasteiger charge is -2.06. The summed E-state index contributed by atoms with van der Waals surface area (Å²) in [4.78, 5) is 4.05. The second kappa shape index (κ2) is 5.99. The first kappa shape index (κ1) is 13.8. The molecule has 0 unspecified atom stereocenters. The number of pyridine rings is 1. The zero-order valence-electron chi connectivity index (χ0n) is 8.96. The smallest absolute Gasteiger partial charge is 0.144 e. The van der Waals surface area contributed by atoms with E-state index in [1.807, 2.05) is 0 Å². The number of thioether (sulfide) groups is 1. The molecule has 0 amide bonds. The van der Waals surface area contributed by atoms with Crippen LogP contribution >= 0.6 is 39.3 Å². The molecule has 94 valence electrons. The zero-order valence-corrected chi connectivity index (χ0v) is 12.1. The molecule has 0 atom stereocenters. The Balaban J connectivity index is 2.15. The molecule has 1 nitrogen and oxygen atoms in total. The molecular formula is C12H7BrClF2NS. The molecule has 18 heavy (non-hydrogen) atoms. The predicted octanol–water partition coefficient (Wildman–Crippen LogP) is 5.07. The first-order valence-corrected chi connectivity index (χ1v) is 7.10. The van der Waals surface area contributed by atoms with Gasteiger partial charge in [0.15, 0.2) is 0 Å². The molecule has 0 N–H and O–H groups in total. The molecule has 0 spiro atoms. The molecule has 6 heteroatoms. The van der Waals surface area contributed by atoms with Gasteiger partial charge < -0.3 is 0 Å². The highest BCUT2D eigenvalue weighted by Gasteiger charge is 2.12. The van der Waals surface area contributed by atoms with Crippen LogP contribution in [0.4, 0.5) is 8.78 Å². The maximum absolute atomic E-state index is 13.7. The summed E-state index contributed by atoms with van der Waals surface area (Å²) in [6, 6.07) is 5.98. The van der Waals surface area contributed by atoms with E-state index in [0.717, 1.165) is 0 Å². The van der Waals surface area contributed by atoms with Gasteiger partial charge in [-0.05, 0) is 40.2 Å². The Hall–Kier alpha value is -0.650. The van der Waals surface area contributed by atoms with Gasteiger partial charge in [-0.2, -0.15) is 0 Å². The van der Waals surface area contributed by atoms with Gasteiger partial charge in [0.1, 0.15) is 11.6 Å². The maximum Gasteiger partial charge on any atom is 0.144 e. The van der Waals surface area contributed by atoms with Crippen molar-refractivity contribution in [1.29, 1.82) is 0 Å². The molecule has 0 aliphatic heterocycles. The van der Waals surface area contributed by atoms with E-state index >= 15 is 0 Å². The van der Waals surface area contributed by atoms with Crippen LogP contribution in [-0.4, -0.2) is 4.98 Å². The molecule has 0 saturated carbocycles. The largest absolute Gasteiger partial charge is 0.248 e. The fraction of sp³-hybridized carbons (Fsp3) is 0.0833. The Labute approximate surface area is 121 Å². The van der Waals surface area contributed by atoms with Gasteiger partial charge in [0.25, 0.3) is 0 Å². The van der Waals surface area contributed by atoms with Gasteiger partial charge in [0.05, 0.1) is 14.5 Å². The third-order valence-electron chi connectivity index (χ3n) is 2.20. The fourth-order valence-corrected chi connectivity index (χ4v) is 2.63. The minimum Gasteiger partial charge on any atom is -0.248 e. The summed E-state index contributed by atoms with van der Waals surface area (Å²) < 4.78 is 27.4. The minimum absolute atomic E-state index is 0.0334. The van der Waals surface area contributed by atoms with Crippen LogP contribution in [-0.2, 0) is 5.75 Å². The molecule has 0 aliphatic carbocycles. The minimum atomic E-state index is -0.573. The van der Waals surface area contributed by atoms with E-state index in [4.69, 9.17) is 11.6 Å². The Morgan fingerprint density at radius 1 is 1.22 bits per heavy atom. The summed E-state index contributed by atoms with van der Waals surface area (Å²) in [6.07, 6.45) is 1.50. The summed E-state index contributed by atoms with van der Waals surface area (Å²) in [5, 5.41) is 1.19. The predicted molar refractivity (Wildman–Crippen MR) is 72.9 cm³/mol. The summed E-state index contributed by atoms with van der Waals surface area (Å²) in [6.45, 7) is 0. The number of rotatable bonds is 3. The summed E-state index contributed by atoms with van der Waals surface area (Å²) in [5.74, 6) is -0.959. The Morgan fingerprint density at radius 2 is 2.00 bits per heavy atom. The molecule has 1 heterocycles. The Morgan fingerprint density at radius 3 is 2.67 bits per heavy atom. The van der Waals surface area contributed by atoms with E-state index in [9.17, 15) is 8.78 Å². The fourth-order valence-electron chi connectivity index (χ4n) is 1.30. The topological polar surface area (TPSA) is 12.9 Å². The Bertz CT molecular complexity index is 563. The number of benzene rings is 1. The summed E-state index contributed by atoms with van der Waals surface area (Å²) in [5.41, 5.74) is 0.0334. The second-order valence-corrected chi connectivity index (χ2v) is 5.71. The van der Waals surface area contributed by atoms with Crippen molar-refractivity contribution in [2.75, 3.05) is 0 Å².